The van der Waals surface area contributed by atoms with Gasteiger partial charge in [0, 0.05) is 37.3 Å². The molecule has 228 valence electrons. The molecule has 2 aromatic carbocycles. The van der Waals surface area contributed by atoms with Crippen LogP contribution in [-0.2, 0) is 16.1 Å². The van der Waals surface area contributed by atoms with E-state index >= 15 is 0 Å². The van der Waals surface area contributed by atoms with E-state index in [1.165, 1.54) is 6.20 Å². The minimum Gasteiger partial charge on any atom is -0.494 e. The van der Waals surface area contributed by atoms with Crippen LogP contribution in [0.15, 0.2) is 79.3 Å². The highest BCUT2D eigenvalue weighted by Gasteiger charge is 2.20. The minimum absolute atomic E-state index is 0.0170. The molecule has 0 bridgehead atoms. The van der Waals surface area contributed by atoms with Gasteiger partial charge in [0.1, 0.15) is 12.4 Å². The van der Waals surface area contributed by atoms with Crippen molar-refractivity contribution in [2.45, 2.75) is 26.0 Å². The molecule has 44 heavy (non-hydrogen) atoms. The van der Waals surface area contributed by atoms with Gasteiger partial charge in [-0.1, -0.05) is 30.3 Å². The van der Waals surface area contributed by atoms with Crippen molar-refractivity contribution >= 4 is 29.2 Å². The predicted octanol–water partition coefficient (Wildman–Crippen LogP) is 4.29. The number of rotatable bonds is 11. The minimum atomic E-state index is -0.481. The molecule has 0 saturated carbocycles. The van der Waals surface area contributed by atoms with E-state index in [1.54, 1.807) is 12.4 Å². The fraction of sp³-hybridized carbons (Fsp3) is 0.281. The van der Waals surface area contributed by atoms with Gasteiger partial charge in [-0.05, 0) is 42.8 Å². The summed E-state index contributed by atoms with van der Waals surface area (Å²) in [4.78, 5) is 40.3. The number of hydrogen-bond acceptors (Lipinski definition) is 10. The largest absolute Gasteiger partial charge is 0.494 e. The number of ether oxygens (including phenoxy) is 3. The summed E-state index contributed by atoms with van der Waals surface area (Å²) in [5.41, 5.74) is 9.63. The highest BCUT2D eigenvalue weighted by Crippen LogP contribution is 2.27. The standard InChI is InChI=1S/C32H35N7O5/c1-22(36-32(41)44-21-23-5-3-2-4-6-23)12-16-43-25-9-7-24(8-10-25)26-20-35-30(33)29(37-26)31(40)38-27-19-34-13-11-28(27)39-14-17-42-18-15-39/h2-11,13,19-20,22H,12,14-18,21H2,1H3,(H2,33,35)(H,36,41)(H,38,40)/t22-/m1/s1. The number of nitrogens with one attached hydrogen (secondary N) is 2. The second kappa shape index (κ2) is 14.8. The Bertz CT molecular complexity index is 1550. The molecule has 0 aliphatic carbocycles. The van der Waals surface area contributed by atoms with E-state index in [2.05, 4.69) is 30.5 Å². The Hall–Kier alpha value is -5.23. The van der Waals surface area contributed by atoms with Gasteiger partial charge < -0.3 is 35.5 Å². The van der Waals surface area contributed by atoms with Crippen LogP contribution in [-0.4, -0.2) is 65.9 Å². The lowest BCUT2D eigenvalue weighted by molar-refractivity contribution is 0.102. The number of carbonyl (C=O) groups excluding carboxylic acids is 2. The van der Waals surface area contributed by atoms with Gasteiger partial charge >= 0.3 is 6.09 Å². The zero-order valence-electron chi connectivity index (χ0n) is 24.4. The molecular formula is C32H35N7O5. The van der Waals surface area contributed by atoms with Crippen molar-refractivity contribution < 1.29 is 23.8 Å². The lowest BCUT2D eigenvalue weighted by Gasteiger charge is -2.30. The molecule has 1 aliphatic rings. The van der Waals surface area contributed by atoms with E-state index in [4.69, 9.17) is 19.9 Å². The fourth-order valence-electron chi connectivity index (χ4n) is 4.56. The fourth-order valence-corrected chi connectivity index (χ4v) is 4.56. The average molecular weight is 598 g/mol. The number of alkyl carbamates (subject to hydrolysis) is 1. The van der Waals surface area contributed by atoms with Crippen LogP contribution >= 0.6 is 0 Å². The van der Waals surface area contributed by atoms with Crippen LogP contribution < -0.4 is 26.0 Å². The number of nitrogens with zero attached hydrogens (tertiary/aromatic N) is 4. The van der Waals surface area contributed by atoms with Gasteiger partial charge in [0.25, 0.3) is 5.91 Å². The maximum atomic E-state index is 13.2. The molecule has 2 amide bonds. The molecule has 0 radical (unpaired) electrons. The highest BCUT2D eigenvalue weighted by atomic mass is 16.5. The van der Waals surface area contributed by atoms with Gasteiger partial charge in [0.05, 0.1) is 49.3 Å². The number of carbonyl (C=O) groups is 2. The molecule has 12 heteroatoms. The molecule has 5 rings (SSSR count). The first-order valence-electron chi connectivity index (χ1n) is 14.4. The lowest BCUT2D eigenvalue weighted by Crippen LogP contribution is -2.36. The summed E-state index contributed by atoms with van der Waals surface area (Å²) >= 11 is 0. The predicted molar refractivity (Wildman–Crippen MR) is 166 cm³/mol. The molecule has 1 aliphatic heterocycles. The second-order valence-corrected chi connectivity index (χ2v) is 10.2. The smallest absolute Gasteiger partial charge is 0.407 e. The van der Waals surface area contributed by atoms with E-state index < -0.39 is 12.0 Å². The molecule has 4 aromatic rings. The summed E-state index contributed by atoms with van der Waals surface area (Å²) in [5, 5.41) is 5.70. The first-order chi connectivity index (χ1) is 21.5. The maximum absolute atomic E-state index is 13.2. The first kappa shape index (κ1) is 30.2. The van der Waals surface area contributed by atoms with Crippen molar-refractivity contribution in [1.82, 2.24) is 20.3 Å². The normalized spacial score (nSPS) is 13.5. The number of nitrogens with two attached hydrogens (primary N) is 1. The molecule has 3 heterocycles. The topological polar surface area (TPSA) is 154 Å². The number of benzene rings is 2. The van der Waals surface area contributed by atoms with Gasteiger partial charge in [0.2, 0.25) is 0 Å². The van der Waals surface area contributed by atoms with E-state index in [0.29, 0.717) is 56.5 Å². The van der Waals surface area contributed by atoms with Crippen LogP contribution in [0.5, 0.6) is 5.75 Å². The molecule has 1 atom stereocenters. The number of nitrogen functional groups attached to an aromatic ring is 1. The van der Waals surface area contributed by atoms with E-state index in [9.17, 15) is 9.59 Å². The summed E-state index contributed by atoms with van der Waals surface area (Å²) in [6.07, 6.45) is 4.93. The third-order valence-corrected chi connectivity index (χ3v) is 6.96. The Balaban J connectivity index is 1.13. The maximum Gasteiger partial charge on any atom is 0.407 e. The van der Waals surface area contributed by atoms with Crippen LogP contribution in [0.4, 0.5) is 22.0 Å². The molecule has 0 spiro atoms. The first-order valence-corrected chi connectivity index (χ1v) is 14.4. The number of hydrogen-bond donors (Lipinski definition) is 3. The number of amides is 2. The van der Waals surface area contributed by atoms with E-state index in [-0.39, 0.29) is 24.2 Å². The number of anilines is 3. The third kappa shape index (κ3) is 8.19. The molecule has 1 fully saturated rings. The Morgan fingerprint density at radius 1 is 1.05 bits per heavy atom. The molecule has 1 saturated heterocycles. The Kier molecular flexibility index (Phi) is 10.2. The van der Waals surface area contributed by atoms with Crippen molar-refractivity contribution in [1.29, 1.82) is 0 Å². The summed E-state index contributed by atoms with van der Waals surface area (Å²) in [5.74, 6) is 0.196. The van der Waals surface area contributed by atoms with Crippen LogP contribution in [0.2, 0.25) is 0 Å². The zero-order chi connectivity index (χ0) is 30.7. The van der Waals surface area contributed by atoms with Crippen molar-refractivity contribution in [3.63, 3.8) is 0 Å². The number of morpholine rings is 1. The molecule has 2 aromatic heterocycles. The van der Waals surface area contributed by atoms with Crippen LogP contribution in [0.3, 0.4) is 0 Å². The summed E-state index contributed by atoms with van der Waals surface area (Å²) in [6.45, 7) is 5.15. The van der Waals surface area contributed by atoms with Gasteiger partial charge in [-0.25, -0.2) is 14.8 Å². The molecule has 0 unspecified atom stereocenters. The monoisotopic (exact) mass is 597 g/mol. The van der Waals surface area contributed by atoms with E-state index in [0.717, 1.165) is 16.8 Å². The molecular weight excluding hydrogens is 562 g/mol. The van der Waals surface area contributed by atoms with Crippen LogP contribution in [0, 0.1) is 0 Å². The molecule has 4 N–H and O–H groups in total. The van der Waals surface area contributed by atoms with Gasteiger partial charge in [-0.2, -0.15) is 0 Å². The number of aromatic nitrogens is 3. The lowest BCUT2D eigenvalue weighted by atomic mass is 10.1. The molecule has 12 nitrogen and oxygen atoms in total. The zero-order valence-corrected chi connectivity index (χ0v) is 24.4. The van der Waals surface area contributed by atoms with Crippen LogP contribution in [0.1, 0.15) is 29.4 Å². The van der Waals surface area contributed by atoms with Gasteiger partial charge in [-0.15, -0.1) is 0 Å². The summed E-state index contributed by atoms with van der Waals surface area (Å²) < 4.78 is 16.6. The van der Waals surface area contributed by atoms with Crippen molar-refractivity contribution in [3.8, 4) is 17.0 Å². The SMILES string of the molecule is C[C@H](CCOc1ccc(-c2cnc(N)c(C(=O)Nc3cnccc3N3CCOCC3)n2)cc1)NC(=O)OCc1ccccc1. The Labute approximate surface area is 255 Å². The van der Waals surface area contributed by atoms with E-state index in [1.807, 2.05) is 67.6 Å². The quantitative estimate of drug-likeness (QED) is 0.228. The van der Waals surface area contributed by atoms with Crippen molar-refractivity contribution in [3.05, 3.63) is 90.5 Å². The third-order valence-electron chi connectivity index (χ3n) is 6.96. The Morgan fingerprint density at radius 2 is 1.82 bits per heavy atom. The van der Waals surface area contributed by atoms with Crippen LogP contribution in [0.25, 0.3) is 11.3 Å². The summed E-state index contributed by atoms with van der Waals surface area (Å²) in [7, 11) is 0. The van der Waals surface area contributed by atoms with Gasteiger partial charge in [0.15, 0.2) is 11.5 Å². The van der Waals surface area contributed by atoms with Gasteiger partial charge in [-0.3, -0.25) is 9.78 Å². The van der Waals surface area contributed by atoms with Crippen molar-refractivity contribution in [2.75, 3.05) is 48.9 Å². The average Bonchev–Trinajstić information content (AvgIpc) is 3.05. The second-order valence-electron chi connectivity index (χ2n) is 10.2. The Morgan fingerprint density at radius 3 is 2.59 bits per heavy atom. The van der Waals surface area contributed by atoms with Crippen molar-refractivity contribution in [2.24, 2.45) is 0 Å². The number of pyridine rings is 1. The summed E-state index contributed by atoms with van der Waals surface area (Å²) in [6, 6.07) is 18.5. The highest BCUT2D eigenvalue weighted by molar-refractivity contribution is 6.07.